The van der Waals surface area contributed by atoms with Crippen LogP contribution in [0.15, 0.2) is 129 Å². The molecule has 29 heteroatoms. The Kier molecular flexibility index (Phi) is 26.3. The zero-order chi connectivity index (χ0) is 76.7. The van der Waals surface area contributed by atoms with Gasteiger partial charge in [-0.2, -0.15) is 0 Å². The Bertz CT molecular complexity index is 4840. The van der Waals surface area contributed by atoms with Crippen molar-refractivity contribution < 1.29 is 52.4 Å². The summed E-state index contributed by atoms with van der Waals surface area (Å²) in [5, 5.41) is 10.6. The zero-order valence-corrected chi connectivity index (χ0v) is 62.9. The van der Waals surface area contributed by atoms with Crippen LogP contribution in [0, 0.1) is 0 Å². The van der Waals surface area contributed by atoms with E-state index in [1.807, 2.05) is 30.5 Å². The highest BCUT2D eigenvalue weighted by Crippen LogP contribution is 2.41. The molecule has 0 atom stereocenters. The van der Waals surface area contributed by atoms with Crippen LogP contribution in [0.3, 0.4) is 0 Å². The Morgan fingerprint density at radius 2 is 0.862 bits per heavy atom. The topological polar surface area (TPSA) is 307 Å². The van der Waals surface area contributed by atoms with Crippen molar-refractivity contribution in [3.05, 3.63) is 174 Å². The lowest BCUT2D eigenvalue weighted by atomic mass is 9.98. The predicted octanol–water partition coefficient (Wildman–Crippen LogP) is 6.32. The maximum absolute atomic E-state index is 13.1. The molecule has 2 aromatic carbocycles. The summed E-state index contributed by atoms with van der Waals surface area (Å²) in [6, 6.07) is 17.4. The number of aromatic nitrogens is 6. The van der Waals surface area contributed by atoms with Crippen molar-refractivity contribution in [2.45, 2.75) is 121 Å². The Morgan fingerprint density at radius 1 is 0.440 bits per heavy atom. The molecule has 6 aliphatic rings. The fourth-order valence-electron chi connectivity index (χ4n) is 15.2. The van der Waals surface area contributed by atoms with Gasteiger partial charge in [0, 0.05) is 201 Å². The summed E-state index contributed by atoms with van der Waals surface area (Å²) >= 11 is 0. The summed E-state index contributed by atoms with van der Waals surface area (Å²) in [6.45, 7) is 12.3. The van der Waals surface area contributed by atoms with Gasteiger partial charge in [0.1, 0.15) is 23.0 Å². The summed E-state index contributed by atoms with van der Waals surface area (Å²) in [6.07, 6.45) is 24.2. The lowest BCUT2D eigenvalue weighted by Crippen LogP contribution is -2.49. The van der Waals surface area contributed by atoms with E-state index in [-0.39, 0.29) is 72.2 Å². The molecule has 14 rings (SSSR count). The van der Waals surface area contributed by atoms with Crippen LogP contribution in [0.5, 0.6) is 23.0 Å². The first-order valence-electron chi connectivity index (χ1n) is 37.5. The number of nitrogens with zero attached hydrogens (tertiary/aromatic N) is 11. The summed E-state index contributed by atoms with van der Waals surface area (Å²) < 4.78 is 42.0. The van der Waals surface area contributed by atoms with Crippen LogP contribution in [0.4, 0.5) is 9.59 Å². The van der Waals surface area contributed by atoms with Crippen LogP contribution >= 0.6 is 0 Å². The van der Waals surface area contributed by atoms with Crippen molar-refractivity contribution in [1.82, 2.24) is 68.7 Å². The van der Waals surface area contributed by atoms with Gasteiger partial charge in [-0.3, -0.25) is 59.1 Å². The number of amides is 6. The minimum absolute atomic E-state index is 0.0728. The van der Waals surface area contributed by atoms with Gasteiger partial charge in [0.05, 0.1) is 82.3 Å². The molecule has 29 nitrogen and oxygen atoms in total. The monoisotopic (exact) mass is 1490 g/mol. The number of imide groups is 2. The average Bonchev–Trinajstić information content (AvgIpc) is 0.769. The van der Waals surface area contributed by atoms with Crippen molar-refractivity contribution in [3.8, 4) is 45.3 Å². The van der Waals surface area contributed by atoms with Gasteiger partial charge in [-0.15, -0.1) is 0 Å². The quantitative estimate of drug-likeness (QED) is 0.0590. The largest absolute Gasteiger partial charge is 0.496 e. The molecule has 3 N–H and O–H groups in total. The molecule has 578 valence electrons. The van der Waals surface area contributed by atoms with Crippen molar-refractivity contribution >= 4 is 51.7 Å². The molecule has 109 heavy (non-hydrogen) atoms. The first kappa shape index (κ1) is 78.2. The number of pyridine rings is 6. The second-order valence-electron chi connectivity index (χ2n) is 28.4. The number of carbonyl (C=O) groups is 5. The Hall–Kier alpha value is -10.4. The van der Waals surface area contributed by atoms with E-state index in [2.05, 4.69) is 46.7 Å². The molecule has 0 bridgehead atoms. The number of ether oxygens (including phenoxy) is 6. The van der Waals surface area contributed by atoms with Crippen molar-refractivity contribution in [2.75, 3.05) is 107 Å². The van der Waals surface area contributed by atoms with Gasteiger partial charge in [0.2, 0.25) is 11.8 Å². The number of benzene rings is 2. The number of piperidine rings is 4. The highest BCUT2D eigenvalue weighted by atomic mass is 16.5. The van der Waals surface area contributed by atoms with Crippen LogP contribution in [0.1, 0.15) is 91.3 Å². The minimum atomic E-state index is -0.451. The van der Waals surface area contributed by atoms with Gasteiger partial charge >= 0.3 is 12.1 Å². The number of aryl methyl sites for hydroxylation is 2. The molecule has 0 aliphatic carbocycles. The number of hydrogen-bond acceptors (Lipinski definition) is 21. The number of rotatable bonds is 23. The number of hydrogen-bond donors (Lipinski definition) is 3. The van der Waals surface area contributed by atoms with Gasteiger partial charge in [-0.1, -0.05) is 12.1 Å². The third-order valence-electron chi connectivity index (χ3n) is 21.4. The summed E-state index contributed by atoms with van der Waals surface area (Å²) in [5.74, 6) is 1.90. The summed E-state index contributed by atoms with van der Waals surface area (Å²) in [7, 11) is 9.82. The van der Waals surface area contributed by atoms with Crippen LogP contribution in [0.25, 0.3) is 43.8 Å². The molecular formula is C80H98N14O15. The number of urea groups is 2. The molecule has 6 aromatic heterocycles. The maximum atomic E-state index is 13.1. The van der Waals surface area contributed by atoms with Crippen LogP contribution in [-0.2, 0) is 65.9 Å². The van der Waals surface area contributed by atoms with Gasteiger partial charge in [-0.05, 0) is 124 Å². The first-order chi connectivity index (χ1) is 52.9. The molecule has 8 aromatic rings. The van der Waals surface area contributed by atoms with E-state index in [0.29, 0.717) is 83.6 Å². The molecule has 6 fully saturated rings. The third kappa shape index (κ3) is 19.2. The first-order valence-corrected chi connectivity index (χ1v) is 37.5. The van der Waals surface area contributed by atoms with Gasteiger partial charge < -0.3 is 71.6 Å². The molecular weight excluding hydrogens is 1400 g/mol. The molecule has 12 heterocycles. The normalized spacial score (nSPS) is 17.5. The lowest BCUT2D eigenvalue weighted by molar-refractivity contribution is -0.122. The van der Waals surface area contributed by atoms with Crippen LogP contribution < -0.4 is 57.1 Å². The van der Waals surface area contributed by atoms with E-state index in [0.717, 1.165) is 173 Å². The zero-order valence-electron chi connectivity index (χ0n) is 62.9. The van der Waals surface area contributed by atoms with E-state index < -0.39 is 12.1 Å². The number of carbonyl (C=O) groups excluding carboxylic acids is 5. The lowest BCUT2D eigenvalue weighted by Gasteiger charge is -2.37. The summed E-state index contributed by atoms with van der Waals surface area (Å²) in [4.78, 5) is 128. The number of fused-ring (bicyclic) bond motifs is 2. The van der Waals surface area contributed by atoms with Crippen LogP contribution in [-0.4, -0.2) is 214 Å². The number of methoxy groups -OCH3 is 4. The van der Waals surface area contributed by atoms with Crippen molar-refractivity contribution in [3.63, 3.8) is 0 Å². The molecule has 6 saturated heterocycles. The predicted molar refractivity (Wildman–Crippen MR) is 410 cm³/mol. The van der Waals surface area contributed by atoms with E-state index in [1.54, 1.807) is 116 Å². The summed E-state index contributed by atoms with van der Waals surface area (Å²) in [5.41, 5.74) is 5.41. The fourth-order valence-corrected chi connectivity index (χ4v) is 15.2. The highest BCUT2D eigenvalue weighted by molar-refractivity contribution is 6.00. The molecule has 0 radical (unpaired) electrons. The smallest absolute Gasteiger partial charge is 0.324 e. The Labute approximate surface area is 631 Å². The maximum Gasteiger partial charge on any atom is 0.324 e. The Morgan fingerprint density at radius 3 is 1.29 bits per heavy atom. The Balaban J connectivity index is 0.000000169. The molecule has 0 spiro atoms. The highest BCUT2D eigenvalue weighted by Gasteiger charge is 2.31. The average molecular weight is 1500 g/mol. The minimum Gasteiger partial charge on any atom is -0.496 e. The van der Waals surface area contributed by atoms with Gasteiger partial charge in [0.15, 0.2) is 6.29 Å². The standard InChI is InChI=1S/C40H49N7O7.C22H33N5O4.C18H16N2O4/c1-43-26-34(31-6-12-41-23-33(31)39(43)50)32-22-35(52-2)28(21-36(32)53-3)24-45-16-9-30(10-17-45)54-29-7-14-44(15-8-29)19-20-46-13-4-5-27(38(46)49)25-47-18-11-37(48)42-40(47)51;28-20-7-13-27(22(30)24-20)16-17-2-1-10-26(21(17)29)15-14-25-11-5-19(6-12-25)31-18-3-8-23-9-4-18;1-20-9-15(12-4-5-19-8-14(12)18(20)22)13-7-16(23-2)11(10-21)6-17(13)24-3/h4-6,12-13,21-23,26,29-30H,7-11,14-20,24-25H2,1-3H3,(H,42,48,51);1-2,10,18-19,23H,3-9,11-16H2,(H,24,28,30);4-10H,1-3H3. The second kappa shape index (κ2) is 36.6. The third-order valence-corrected chi connectivity index (χ3v) is 21.4. The number of nitrogens with one attached hydrogen (secondary N) is 3. The van der Waals surface area contributed by atoms with Crippen LogP contribution in [0.2, 0.25) is 0 Å². The molecule has 0 unspecified atom stereocenters. The van der Waals surface area contributed by atoms with Gasteiger partial charge in [0.25, 0.3) is 22.2 Å². The van der Waals surface area contributed by atoms with Crippen molar-refractivity contribution in [2.24, 2.45) is 14.1 Å². The molecule has 0 saturated carbocycles. The molecule has 6 aliphatic heterocycles. The van der Waals surface area contributed by atoms with E-state index >= 15 is 0 Å². The van der Waals surface area contributed by atoms with Gasteiger partial charge in [-0.25, -0.2) is 9.59 Å². The van der Waals surface area contributed by atoms with Crippen molar-refractivity contribution in [1.29, 1.82) is 0 Å². The SMILES string of the molecule is COc1cc(-c2cn(C)c(=O)c3cnccc23)c(OC)cc1C=O.COc1cc(-c2cn(C)c(=O)c3cnccc23)c(OC)cc1CN1CCC(OC2CCN(CCn3cccc(CN4CCC(=O)NC4=O)c3=O)CC2)CC1.O=C1CCN(Cc2cccn(CCN3CCC(OC4CCNCC4)CC3)c2=O)C(=O)N1. The number of likely N-dealkylation sites (tertiary alicyclic amines) is 3. The fraction of sp³-hybridized carbons (Fsp3) is 0.463. The number of aldehydes is 1. The van der Waals surface area contributed by atoms with E-state index in [4.69, 9.17) is 28.4 Å². The second-order valence-corrected chi connectivity index (χ2v) is 28.4. The van der Waals surface area contributed by atoms with E-state index in [9.17, 15) is 43.2 Å². The molecule has 6 amide bonds. The van der Waals surface area contributed by atoms with E-state index in [1.165, 1.54) is 28.6 Å².